The molecule has 5 heteroatoms. The smallest absolute Gasteiger partial charge is 0.126 e. The lowest BCUT2D eigenvalue weighted by atomic mass is 10.3. The second-order valence-corrected chi connectivity index (χ2v) is 5.93. The molecule has 0 amide bonds. The fourth-order valence-corrected chi connectivity index (χ4v) is 3.00. The average molecular weight is 290 g/mol. The molecule has 2 aromatic heterocycles. The van der Waals surface area contributed by atoms with Crippen LogP contribution in [-0.4, -0.2) is 9.78 Å². The molecule has 0 aliphatic carbocycles. The maximum atomic E-state index is 6.17. The van der Waals surface area contributed by atoms with Crippen molar-refractivity contribution >= 4 is 28.6 Å². The number of hydrogen-bond acceptors (Lipinski definition) is 3. The predicted molar refractivity (Wildman–Crippen MR) is 81.0 cm³/mol. The van der Waals surface area contributed by atoms with Crippen LogP contribution in [0.25, 0.3) is 16.3 Å². The van der Waals surface area contributed by atoms with Gasteiger partial charge in [-0.25, -0.2) is 4.68 Å². The molecule has 0 saturated carbocycles. The van der Waals surface area contributed by atoms with Crippen LogP contribution in [0.15, 0.2) is 42.6 Å². The summed E-state index contributed by atoms with van der Waals surface area (Å²) in [5.74, 6) is 0. The Morgan fingerprint density at radius 3 is 2.68 bits per heavy atom. The van der Waals surface area contributed by atoms with E-state index in [1.807, 2.05) is 30.3 Å². The zero-order chi connectivity index (χ0) is 13.4. The van der Waals surface area contributed by atoms with Gasteiger partial charge in [-0.2, -0.15) is 5.10 Å². The number of anilines is 1. The van der Waals surface area contributed by atoms with E-state index in [0.717, 1.165) is 16.3 Å². The Hall–Kier alpha value is -1.78. The third kappa shape index (κ3) is 2.25. The number of nitrogens with two attached hydrogens (primary N) is 1. The van der Waals surface area contributed by atoms with E-state index in [9.17, 15) is 0 Å². The Bertz CT molecular complexity index is 730. The van der Waals surface area contributed by atoms with Crippen LogP contribution in [0.5, 0.6) is 0 Å². The van der Waals surface area contributed by atoms with Crippen LogP contribution < -0.4 is 5.73 Å². The monoisotopic (exact) mass is 289 g/mol. The van der Waals surface area contributed by atoms with E-state index in [-0.39, 0.29) is 0 Å². The number of nitrogen functional groups attached to an aromatic ring is 1. The van der Waals surface area contributed by atoms with Crippen LogP contribution in [0.2, 0.25) is 5.02 Å². The van der Waals surface area contributed by atoms with Crippen LogP contribution in [0.3, 0.4) is 0 Å². The van der Waals surface area contributed by atoms with Crippen molar-refractivity contribution in [3.8, 4) is 16.3 Å². The van der Waals surface area contributed by atoms with E-state index in [1.165, 1.54) is 4.88 Å². The minimum absolute atomic E-state index is 0.652. The van der Waals surface area contributed by atoms with Crippen molar-refractivity contribution < 1.29 is 0 Å². The van der Waals surface area contributed by atoms with E-state index in [4.69, 9.17) is 17.3 Å². The lowest BCUT2D eigenvalue weighted by Gasteiger charge is -2.02. The first-order valence-corrected chi connectivity index (χ1v) is 7.01. The quantitative estimate of drug-likeness (QED) is 0.770. The summed E-state index contributed by atoms with van der Waals surface area (Å²) in [6, 6.07) is 11.7. The third-order valence-electron chi connectivity index (χ3n) is 2.82. The Labute approximate surface area is 120 Å². The third-order valence-corrected chi connectivity index (χ3v) is 4.14. The highest BCUT2D eigenvalue weighted by atomic mass is 35.5. The van der Waals surface area contributed by atoms with Gasteiger partial charge in [0, 0.05) is 4.88 Å². The van der Waals surface area contributed by atoms with Crippen LogP contribution in [-0.2, 0) is 0 Å². The molecule has 0 aliphatic rings. The van der Waals surface area contributed by atoms with E-state index < -0.39 is 0 Å². The highest BCUT2D eigenvalue weighted by Gasteiger charge is 2.12. The summed E-state index contributed by atoms with van der Waals surface area (Å²) in [6.45, 7) is 2.06. The molecule has 0 saturated heterocycles. The van der Waals surface area contributed by atoms with Gasteiger partial charge in [0.1, 0.15) is 5.69 Å². The molecule has 0 atom stereocenters. The lowest BCUT2D eigenvalue weighted by molar-refractivity contribution is 0.885. The van der Waals surface area contributed by atoms with Crippen molar-refractivity contribution in [2.45, 2.75) is 6.92 Å². The molecule has 2 heterocycles. The summed E-state index contributed by atoms with van der Waals surface area (Å²) in [5, 5.41) is 5.19. The zero-order valence-electron chi connectivity index (χ0n) is 10.3. The van der Waals surface area contributed by atoms with Crippen LogP contribution >= 0.6 is 22.9 Å². The molecule has 96 valence electrons. The summed E-state index contributed by atoms with van der Waals surface area (Å²) in [6.07, 6.45) is 1.80. The molecule has 0 unspecified atom stereocenters. The van der Waals surface area contributed by atoms with E-state index in [2.05, 4.69) is 18.1 Å². The van der Waals surface area contributed by atoms with E-state index in [0.29, 0.717) is 10.7 Å². The number of benzene rings is 1. The maximum absolute atomic E-state index is 6.17. The summed E-state index contributed by atoms with van der Waals surface area (Å²) in [7, 11) is 0. The number of rotatable bonds is 2. The molecule has 3 rings (SSSR count). The van der Waals surface area contributed by atoms with Gasteiger partial charge in [0.25, 0.3) is 0 Å². The van der Waals surface area contributed by atoms with Gasteiger partial charge in [-0.1, -0.05) is 23.7 Å². The fraction of sp³-hybridized carbons (Fsp3) is 0.0714. The molecule has 3 aromatic rings. The van der Waals surface area contributed by atoms with Gasteiger partial charge < -0.3 is 5.73 Å². The number of aromatic nitrogens is 2. The van der Waals surface area contributed by atoms with E-state index in [1.54, 1.807) is 22.2 Å². The normalized spacial score (nSPS) is 10.8. The van der Waals surface area contributed by atoms with Crippen molar-refractivity contribution in [2.24, 2.45) is 0 Å². The molecule has 0 bridgehead atoms. The summed E-state index contributed by atoms with van der Waals surface area (Å²) < 4.78 is 1.72. The van der Waals surface area contributed by atoms with Crippen molar-refractivity contribution in [1.82, 2.24) is 9.78 Å². The Balaban J connectivity index is 2.10. The van der Waals surface area contributed by atoms with Crippen molar-refractivity contribution in [3.05, 3.63) is 52.5 Å². The van der Waals surface area contributed by atoms with Crippen LogP contribution in [0.4, 0.5) is 5.69 Å². The van der Waals surface area contributed by atoms with E-state index >= 15 is 0 Å². The lowest BCUT2D eigenvalue weighted by Crippen LogP contribution is -1.95. The molecule has 3 nitrogen and oxygen atoms in total. The highest BCUT2D eigenvalue weighted by molar-refractivity contribution is 7.15. The average Bonchev–Trinajstić information content (AvgIpc) is 2.96. The summed E-state index contributed by atoms with van der Waals surface area (Å²) >= 11 is 7.85. The van der Waals surface area contributed by atoms with Crippen molar-refractivity contribution in [3.63, 3.8) is 0 Å². The number of nitrogens with zero attached hydrogens (tertiary/aromatic N) is 2. The molecular weight excluding hydrogens is 278 g/mol. The number of halogens is 1. The molecule has 2 N–H and O–H groups in total. The van der Waals surface area contributed by atoms with Crippen LogP contribution in [0, 0.1) is 6.92 Å². The van der Waals surface area contributed by atoms with Crippen molar-refractivity contribution in [2.75, 3.05) is 5.73 Å². The van der Waals surface area contributed by atoms with Gasteiger partial charge in [0.05, 0.1) is 27.5 Å². The Morgan fingerprint density at radius 2 is 2.00 bits per heavy atom. The number of aryl methyl sites for hydroxylation is 1. The maximum Gasteiger partial charge on any atom is 0.126 e. The molecule has 1 aromatic carbocycles. The first-order chi connectivity index (χ1) is 9.15. The molecule has 0 fully saturated rings. The number of hydrogen-bond donors (Lipinski definition) is 1. The summed E-state index contributed by atoms with van der Waals surface area (Å²) in [5.41, 5.74) is 8.34. The van der Waals surface area contributed by atoms with Gasteiger partial charge in [-0.05, 0) is 31.2 Å². The van der Waals surface area contributed by atoms with Crippen LogP contribution in [0.1, 0.15) is 4.88 Å². The molecule has 0 aliphatic heterocycles. The SMILES string of the molecule is Cc1ccc(-c2nn(-c3ccccc3Cl)cc2N)s1. The topological polar surface area (TPSA) is 43.8 Å². The largest absolute Gasteiger partial charge is 0.396 e. The highest BCUT2D eigenvalue weighted by Crippen LogP contribution is 2.32. The molecular formula is C14H12ClN3S. The molecule has 0 radical (unpaired) electrons. The van der Waals surface area contributed by atoms with Crippen molar-refractivity contribution in [1.29, 1.82) is 0 Å². The second kappa shape index (κ2) is 4.72. The Kier molecular flexibility index (Phi) is 3.05. The van der Waals surface area contributed by atoms with Gasteiger partial charge in [-0.3, -0.25) is 0 Å². The standard InChI is InChI=1S/C14H12ClN3S/c1-9-6-7-13(19-9)14-11(16)8-18(17-14)12-5-3-2-4-10(12)15/h2-8H,16H2,1H3. The van der Waals surface area contributed by atoms with Gasteiger partial charge >= 0.3 is 0 Å². The number of para-hydroxylation sites is 1. The predicted octanol–water partition coefficient (Wildman–Crippen LogP) is 4.14. The zero-order valence-corrected chi connectivity index (χ0v) is 11.9. The molecule has 0 spiro atoms. The number of thiophene rings is 1. The molecule has 19 heavy (non-hydrogen) atoms. The van der Waals surface area contributed by atoms with Gasteiger partial charge in [-0.15, -0.1) is 11.3 Å². The minimum Gasteiger partial charge on any atom is -0.396 e. The first kappa shape index (κ1) is 12.3. The van der Waals surface area contributed by atoms with Gasteiger partial charge in [0.15, 0.2) is 0 Å². The Morgan fingerprint density at radius 1 is 1.21 bits per heavy atom. The summed E-state index contributed by atoms with van der Waals surface area (Å²) in [4.78, 5) is 2.31. The first-order valence-electron chi connectivity index (χ1n) is 5.82. The minimum atomic E-state index is 0.652. The van der Waals surface area contributed by atoms with Gasteiger partial charge in [0.2, 0.25) is 0 Å². The second-order valence-electron chi connectivity index (χ2n) is 4.24. The fourth-order valence-electron chi connectivity index (χ4n) is 1.90.